The van der Waals surface area contributed by atoms with E-state index in [2.05, 4.69) is 39.5 Å². The van der Waals surface area contributed by atoms with E-state index in [1.807, 2.05) is 32.0 Å². The van der Waals surface area contributed by atoms with Crippen molar-refractivity contribution in [3.63, 3.8) is 0 Å². The first-order chi connectivity index (χ1) is 13.9. The maximum Gasteiger partial charge on any atom is 0.329 e. The van der Waals surface area contributed by atoms with Crippen LogP contribution in [-0.4, -0.2) is 22.6 Å². The number of rotatable bonds is 4. The Morgan fingerprint density at radius 1 is 1.00 bits per heavy atom. The minimum Gasteiger partial charge on any atom is -0.318 e. The number of carbonyl (C=O) groups is 2. The molecule has 3 rings (SSSR count). The molecule has 0 aliphatic heterocycles. The van der Waals surface area contributed by atoms with Crippen molar-refractivity contribution in [2.75, 3.05) is 5.32 Å². The van der Waals surface area contributed by atoms with Gasteiger partial charge in [0.25, 0.3) is 0 Å². The van der Waals surface area contributed by atoms with Crippen molar-refractivity contribution in [2.45, 2.75) is 20.8 Å². The first-order valence-corrected chi connectivity index (χ1v) is 9.40. The van der Waals surface area contributed by atoms with Gasteiger partial charge in [0.1, 0.15) is 0 Å². The van der Waals surface area contributed by atoms with E-state index in [1.165, 1.54) is 6.21 Å². The number of para-hydroxylation sites is 2. The molecule has 0 unspecified atom stereocenters. The lowest BCUT2D eigenvalue weighted by atomic mass is 10.2. The number of benzene rings is 2. The molecule has 0 saturated heterocycles. The monoisotopic (exact) mass is 408 g/mol. The summed E-state index contributed by atoms with van der Waals surface area (Å²) in [4.78, 5) is 24.0. The number of hydrazone groups is 1. The highest BCUT2D eigenvalue weighted by molar-refractivity contribution is 6.41. The minimum absolute atomic E-state index is 0.348. The van der Waals surface area contributed by atoms with Crippen LogP contribution in [0.1, 0.15) is 22.5 Å². The van der Waals surface area contributed by atoms with Gasteiger partial charge in [0, 0.05) is 22.6 Å². The van der Waals surface area contributed by atoms with Gasteiger partial charge in [0.2, 0.25) is 0 Å². The van der Waals surface area contributed by atoms with E-state index in [9.17, 15) is 9.59 Å². The number of carbonyl (C=O) groups excluding carboxylic acids is 2. The summed E-state index contributed by atoms with van der Waals surface area (Å²) in [7, 11) is 0. The van der Waals surface area contributed by atoms with Crippen LogP contribution in [0, 0.1) is 20.8 Å². The van der Waals surface area contributed by atoms with Crippen molar-refractivity contribution < 1.29 is 9.59 Å². The fourth-order valence-electron chi connectivity index (χ4n) is 3.06. The molecule has 6 nitrogen and oxygen atoms in total. The normalized spacial score (nSPS) is 10.9. The summed E-state index contributed by atoms with van der Waals surface area (Å²) in [6, 6.07) is 16.7. The maximum absolute atomic E-state index is 12.0. The molecular formula is C22H21ClN4O2. The summed E-state index contributed by atoms with van der Waals surface area (Å²) in [6.45, 7) is 6.04. The Kier molecular flexibility index (Phi) is 6.14. The highest BCUT2D eigenvalue weighted by atomic mass is 35.5. The van der Waals surface area contributed by atoms with Crippen molar-refractivity contribution in [2.24, 2.45) is 5.10 Å². The summed E-state index contributed by atoms with van der Waals surface area (Å²) in [6.07, 6.45) is 1.53. The van der Waals surface area contributed by atoms with Crippen LogP contribution in [0.2, 0.25) is 5.02 Å². The lowest BCUT2D eigenvalue weighted by molar-refractivity contribution is -0.136. The van der Waals surface area contributed by atoms with Gasteiger partial charge in [-0.2, -0.15) is 5.10 Å². The van der Waals surface area contributed by atoms with Crippen molar-refractivity contribution >= 4 is 35.3 Å². The molecule has 2 N–H and O–H groups in total. The highest BCUT2D eigenvalue weighted by Gasteiger charge is 2.15. The molecule has 7 heteroatoms. The Balaban J connectivity index is 1.70. The number of amides is 2. The zero-order chi connectivity index (χ0) is 21.0. The third kappa shape index (κ3) is 4.55. The van der Waals surface area contributed by atoms with E-state index in [-0.39, 0.29) is 0 Å². The Hall–Kier alpha value is -3.38. The van der Waals surface area contributed by atoms with Crippen LogP contribution in [0.25, 0.3) is 5.69 Å². The van der Waals surface area contributed by atoms with E-state index in [0.29, 0.717) is 10.7 Å². The van der Waals surface area contributed by atoms with Crippen LogP contribution in [0.3, 0.4) is 0 Å². The van der Waals surface area contributed by atoms with Crippen LogP contribution in [0.15, 0.2) is 59.7 Å². The maximum atomic E-state index is 12.0. The van der Waals surface area contributed by atoms with Gasteiger partial charge in [-0.15, -0.1) is 0 Å². The number of anilines is 1. The lowest BCUT2D eigenvalue weighted by Gasteiger charge is -2.12. The van der Waals surface area contributed by atoms with Gasteiger partial charge in [-0.1, -0.05) is 41.9 Å². The van der Waals surface area contributed by atoms with Crippen molar-refractivity contribution in [1.29, 1.82) is 0 Å². The molecule has 2 amide bonds. The molecule has 0 aliphatic rings. The fourth-order valence-corrected chi connectivity index (χ4v) is 3.24. The minimum atomic E-state index is -0.881. The largest absolute Gasteiger partial charge is 0.329 e. The van der Waals surface area contributed by atoms with Crippen LogP contribution in [0.4, 0.5) is 5.69 Å². The van der Waals surface area contributed by atoms with Gasteiger partial charge in [-0.3, -0.25) is 9.59 Å². The Bertz CT molecular complexity index is 1100. The molecule has 0 spiro atoms. The lowest BCUT2D eigenvalue weighted by Crippen LogP contribution is -2.32. The third-order valence-corrected chi connectivity index (χ3v) is 4.85. The van der Waals surface area contributed by atoms with Gasteiger partial charge in [0.05, 0.1) is 16.9 Å². The van der Waals surface area contributed by atoms with E-state index < -0.39 is 11.8 Å². The predicted octanol–water partition coefficient (Wildman–Crippen LogP) is 4.14. The van der Waals surface area contributed by atoms with Crippen molar-refractivity contribution in [1.82, 2.24) is 9.99 Å². The first kappa shape index (κ1) is 20.4. The van der Waals surface area contributed by atoms with Crippen LogP contribution < -0.4 is 10.7 Å². The standard InChI is InChI=1S/C22H21ClN4O2/c1-14-8-4-7-11-20(14)27-15(2)12-17(16(27)3)13-24-26-22(29)21(28)25-19-10-6-5-9-18(19)23/h4-13H,1-3H3,(H,25,28)(H,26,29)/b24-13-. The molecule has 1 aromatic heterocycles. The number of hydrogen-bond acceptors (Lipinski definition) is 3. The van der Waals surface area contributed by atoms with Gasteiger partial charge in [-0.05, 0) is 50.6 Å². The number of nitrogens with one attached hydrogen (secondary N) is 2. The second-order valence-electron chi connectivity index (χ2n) is 6.58. The number of aryl methyl sites for hydroxylation is 2. The fraction of sp³-hybridized carbons (Fsp3) is 0.136. The van der Waals surface area contributed by atoms with Crippen molar-refractivity contribution in [3.05, 3.63) is 82.1 Å². The molecular weight excluding hydrogens is 388 g/mol. The summed E-state index contributed by atoms with van der Waals surface area (Å²) >= 11 is 5.98. The average Bonchev–Trinajstić information content (AvgIpc) is 2.97. The molecule has 1 heterocycles. The Morgan fingerprint density at radius 3 is 2.41 bits per heavy atom. The molecule has 0 aliphatic carbocycles. The third-order valence-electron chi connectivity index (χ3n) is 4.52. The van der Waals surface area contributed by atoms with Crippen LogP contribution >= 0.6 is 11.6 Å². The van der Waals surface area contributed by atoms with Crippen molar-refractivity contribution in [3.8, 4) is 5.69 Å². The summed E-state index contributed by atoms with van der Waals surface area (Å²) in [5.74, 6) is -1.73. The predicted molar refractivity (Wildman–Crippen MR) is 116 cm³/mol. The van der Waals surface area contributed by atoms with Gasteiger partial charge >= 0.3 is 11.8 Å². The molecule has 3 aromatic rings. The second-order valence-corrected chi connectivity index (χ2v) is 6.99. The molecule has 0 atom stereocenters. The van der Waals surface area contributed by atoms with E-state index in [0.717, 1.165) is 28.2 Å². The first-order valence-electron chi connectivity index (χ1n) is 9.02. The van der Waals surface area contributed by atoms with Crippen LogP contribution in [-0.2, 0) is 9.59 Å². The second kappa shape index (κ2) is 8.75. The molecule has 0 bridgehead atoms. The zero-order valence-corrected chi connectivity index (χ0v) is 17.1. The summed E-state index contributed by atoms with van der Waals surface area (Å²) in [5.41, 5.74) is 7.72. The topological polar surface area (TPSA) is 75.5 Å². The molecule has 0 saturated carbocycles. The number of halogens is 1. The van der Waals surface area contributed by atoms with Gasteiger partial charge in [-0.25, -0.2) is 5.43 Å². The van der Waals surface area contributed by atoms with Gasteiger partial charge in [0.15, 0.2) is 0 Å². The molecule has 0 radical (unpaired) electrons. The highest BCUT2D eigenvalue weighted by Crippen LogP contribution is 2.22. The Morgan fingerprint density at radius 2 is 1.69 bits per heavy atom. The number of nitrogens with zero attached hydrogens (tertiary/aromatic N) is 2. The summed E-state index contributed by atoms with van der Waals surface area (Å²) < 4.78 is 2.13. The average molecular weight is 409 g/mol. The molecule has 148 valence electrons. The van der Waals surface area contributed by atoms with Gasteiger partial charge < -0.3 is 9.88 Å². The van der Waals surface area contributed by atoms with Crippen LogP contribution in [0.5, 0.6) is 0 Å². The quantitative estimate of drug-likeness (QED) is 0.386. The SMILES string of the molecule is Cc1ccccc1-n1c(C)cc(/C=N\NC(=O)C(=O)Nc2ccccc2Cl)c1C. The smallest absolute Gasteiger partial charge is 0.318 e. The molecule has 29 heavy (non-hydrogen) atoms. The Labute approximate surface area is 174 Å². The number of aromatic nitrogens is 1. The molecule has 0 fully saturated rings. The van der Waals surface area contributed by atoms with E-state index in [4.69, 9.17) is 11.6 Å². The zero-order valence-electron chi connectivity index (χ0n) is 16.4. The number of hydrogen-bond donors (Lipinski definition) is 2. The summed E-state index contributed by atoms with van der Waals surface area (Å²) in [5, 5.41) is 6.72. The van der Waals surface area contributed by atoms with E-state index >= 15 is 0 Å². The molecule has 2 aromatic carbocycles. The van der Waals surface area contributed by atoms with E-state index in [1.54, 1.807) is 24.3 Å².